The van der Waals surface area contributed by atoms with Crippen LogP contribution in [-0.4, -0.2) is 34.5 Å². The van der Waals surface area contributed by atoms with Crippen LogP contribution < -0.4 is 0 Å². The molecule has 0 amide bonds. The van der Waals surface area contributed by atoms with Crippen LogP contribution in [0.5, 0.6) is 0 Å². The molecular formula is C28H38ClN3O2. The number of rotatable bonds is 5. The van der Waals surface area contributed by atoms with Gasteiger partial charge in [-0.1, -0.05) is 31.4 Å². The van der Waals surface area contributed by atoms with E-state index >= 15 is 0 Å². The molecule has 5 nitrogen and oxygen atoms in total. The molecule has 7 atom stereocenters. The first-order chi connectivity index (χ1) is 16.4. The highest BCUT2D eigenvalue weighted by Crippen LogP contribution is 2.67. The maximum atomic E-state index is 13.6. The minimum atomic E-state index is 0.115. The molecule has 6 heteroatoms. The number of aromatic nitrogens is 3. The lowest BCUT2D eigenvalue weighted by Gasteiger charge is -2.61. The normalized spacial score (nSPS) is 39.4. The molecular weight excluding hydrogens is 446 g/mol. The zero-order valence-electron chi connectivity index (χ0n) is 20.6. The molecule has 0 radical (unpaired) electrons. The predicted octanol–water partition coefficient (Wildman–Crippen LogP) is 6.33. The van der Waals surface area contributed by atoms with E-state index < -0.39 is 0 Å². The van der Waals surface area contributed by atoms with E-state index in [0.29, 0.717) is 22.1 Å². The Kier molecular flexibility index (Phi) is 5.80. The first-order valence-corrected chi connectivity index (χ1v) is 13.8. The van der Waals surface area contributed by atoms with Gasteiger partial charge in [0.15, 0.2) is 5.78 Å². The quantitative estimate of drug-likeness (QED) is 0.498. The van der Waals surface area contributed by atoms with Crippen LogP contribution in [0.2, 0.25) is 5.02 Å². The average Bonchev–Trinajstić information content (AvgIpc) is 3.38. The van der Waals surface area contributed by atoms with Crippen LogP contribution in [0.25, 0.3) is 11.0 Å². The Morgan fingerprint density at radius 1 is 1.06 bits per heavy atom. The van der Waals surface area contributed by atoms with Gasteiger partial charge in [-0.05, 0) is 104 Å². The molecule has 0 bridgehead atoms. The third-order valence-corrected chi connectivity index (χ3v) is 11.0. The minimum Gasteiger partial charge on any atom is -0.384 e. The molecule has 4 saturated carbocycles. The molecule has 1 aromatic heterocycles. The summed E-state index contributed by atoms with van der Waals surface area (Å²) in [5, 5.41) is 9.73. The third kappa shape index (κ3) is 3.48. The number of ketones is 1. The highest BCUT2D eigenvalue weighted by atomic mass is 35.5. The molecule has 184 valence electrons. The van der Waals surface area contributed by atoms with Crippen LogP contribution in [0.15, 0.2) is 18.2 Å². The summed E-state index contributed by atoms with van der Waals surface area (Å²) in [7, 11) is 1.90. The van der Waals surface area contributed by atoms with Crippen molar-refractivity contribution in [2.45, 2.75) is 77.7 Å². The summed E-state index contributed by atoms with van der Waals surface area (Å²) in [6, 6.07) is 5.51. The number of carbonyl (C=O) groups excluding carboxylic acids is 1. The zero-order chi connectivity index (χ0) is 23.5. The first-order valence-electron chi connectivity index (χ1n) is 13.5. The fourth-order valence-corrected chi connectivity index (χ4v) is 9.57. The van der Waals surface area contributed by atoms with Crippen molar-refractivity contribution in [3.05, 3.63) is 23.2 Å². The molecule has 0 aliphatic heterocycles. The van der Waals surface area contributed by atoms with Crippen molar-refractivity contribution in [2.24, 2.45) is 40.4 Å². The van der Waals surface area contributed by atoms with Gasteiger partial charge < -0.3 is 4.74 Å². The topological polar surface area (TPSA) is 57.0 Å². The molecule has 2 aromatic rings. The SMILES string of the molecule is COCC12CCCCC1CCC1C3CCC(C(=O)Cn4nc5ccc(Cl)cc5n4)C3(C)CCC12. The predicted molar refractivity (Wildman–Crippen MR) is 134 cm³/mol. The minimum absolute atomic E-state index is 0.115. The number of Topliss-reactive ketones (excluding diaryl/α,β-unsaturated/α-hetero) is 1. The van der Waals surface area contributed by atoms with E-state index in [0.717, 1.165) is 41.8 Å². The zero-order valence-corrected chi connectivity index (χ0v) is 21.4. The Balaban J connectivity index is 1.22. The summed E-state index contributed by atoms with van der Waals surface area (Å²) in [6.07, 6.45) is 12.9. The van der Waals surface area contributed by atoms with E-state index in [2.05, 4.69) is 17.1 Å². The molecule has 7 unspecified atom stereocenters. The summed E-state index contributed by atoms with van der Waals surface area (Å²) in [4.78, 5) is 15.2. The van der Waals surface area contributed by atoms with Gasteiger partial charge in [0.25, 0.3) is 0 Å². The van der Waals surface area contributed by atoms with Crippen molar-refractivity contribution in [2.75, 3.05) is 13.7 Å². The molecule has 4 aliphatic rings. The summed E-state index contributed by atoms with van der Waals surface area (Å²) in [6.45, 7) is 3.64. The maximum absolute atomic E-state index is 13.6. The molecule has 6 rings (SSSR count). The second-order valence-corrected chi connectivity index (χ2v) is 12.5. The number of carbonyl (C=O) groups is 1. The van der Waals surface area contributed by atoms with Crippen molar-refractivity contribution >= 4 is 28.4 Å². The Labute approximate surface area is 207 Å². The van der Waals surface area contributed by atoms with E-state index in [1.165, 1.54) is 57.8 Å². The number of ether oxygens (including phenoxy) is 1. The molecule has 0 saturated heterocycles. The van der Waals surface area contributed by atoms with Gasteiger partial charge in [0, 0.05) is 18.1 Å². The number of halogens is 1. The number of methoxy groups -OCH3 is 1. The van der Waals surface area contributed by atoms with Crippen molar-refractivity contribution in [3.8, 4) is 0 Å². The summed E-state index contributed by atoms with van der Waals surface area (Å²) in [5.41, 5.74) is 2.05. The van der Waals surface area contributed by atoms with Crippen LogP contribution in [-0.2, 0) is 16.1 Å². The van der Waals surface area contributed by atoms with Gasteiger partial charge in [-0.15, -0.1) is 0 Å². The Morgan fingerprint density at radius 2 is 1.91 bits per heavy atom. The molecule has 4 aliphatic carbocycles. The van der Waals surface area contributed by atoms with Crippen molar-refractivity contribution in [1.29, 1.82) is 0 Å². The van der Waals surface area contributed by atoms with Gasteiger partial charge in [-0.3, -0.25) is 4.79 Å². The summed E-state index contributed by atoms with van der Waals surface area (Å²) in [5.74, 6) is 3.49. The Morgan fingerprint density at radius 3 is 2.76 bits per heavy atom. The monoisotopic (exact) mass is 483 g/mol. The van der Waals surface area contributed by atoms with Gasteiger partial charge in [0.2, 0.25) is 0 Å². The average molecular weight is 484 g/mol. The number of nitrogens with zero attached hydrogens (tertiary/aromatic N) is 3. The fourth-order valence-electron chi connectivity index (χ4n) is 9.40. The number of hydrogen-bond donors (Lipinski definition) is 0. The van der Waals surface area contributed by atoms with E-state index in [-0.39, 0.29) is 17.9 Å². The Hall–Kier alpha value is -1.46. The first kappa shape index (κ1) is 23.0. The van der Waals surface area contributed by atoms with Crippen molar-refractivity contribution < 1.29 is 9.53 Å². The molecule has 4 fully saturated rings. The number of hydrogen-bond acceptors (Lipinski definition) is 4. The standard InChI is InChI=1S/C28H38ClN3O2/c1-27-14-12-22-20(8-6-18-5-3-4-13-28(18,22)17-34-2)21(27)9-10-23(27)26(33)16-32-30-24-11-7-19(29)15-25(24)31-32/h7,11,15,18,20-23H,3-6,8-10,12-14,16-17H2,1-2H3. The van der Waals surface area contributed by atoms with Gasteiger partial charge >= 0.3 is 0 Å². The van der Waals surface area contributed by atoms with Crippen LogP contribution in [0, 0.1) is 40.4 Å². The molecule has 0 N–H and O–H groups in total. The second-order valence-electron chi connectivity index (χ2n) is 12.1. The van der Waals surface area contributed by atoms with Gasteiger partial charge in [-0.25, -0.2) is 0 Å². The van der Waals surface area contributed by atoms with Crippen LogP contribution >= 0.6 is 11.6 Å². The third-order valence-electron chi connectivity index (χ3n) is 10.8. The fraction of sp³-hybridized carbons (Fsp3) is 0.750. The molecule has 1 aromatic carbocycles. The van der Waals surface area contributed by atoms with Crippen LogP contribution in [0.4, 0.5) is 0 Å². The lowest BCUT2D eigenvalue weighted by atomic mass is 9.44. The van der Waals surface area contributed by atoms with Gasteiger partial charge in [0.1, 0.15) is 17.6 Å². The van der Waals surface area contributed by atoms with Crippen LogP contribution in [0.1, 0.15) is 71.1 Å². The van der Waals surface area contributed by atoms with E-state index in [1.54, 1.807) is 4.80 Å². The molecule has 1 heterocycles. The van der Waals surface area contributed by atoms with Gasteiger partial charge in [-0.2, -0.15) is 15.0 Å². The van der Waals surface area contributed by atoms with Crippen molar-refractivity contribution in [3.63, 3.8) is 0 Å². The summed E-state index contributed by atoms with van der Waals surface area (Å²) >= 11 is 6.11. The van der Waals surface area contributed by atoms with E-state index in [9.17, 15) is 4.79 Å². The highest BCUT2D eigenvalue weighted by Gasteiger charge is 2.61. The molecule has 34 heavy (non-hydrogen) atoms. The second kappa shape index (κ2) is 8.58. The highest BCUT2D eigenvalue weighted by molar-refractivity contribution is 6.31. The smallest absolute Gasteiger partial charge is 0.159 e. The maximum Gasteiger partial charge on any atom is 0.159 e. The van der Waals surface area contributed by atoms with Crippen LogP contribution in [0.3, 0.4) is 0 Å². The largest absolute Gasteiger partial charge is 0.384 e. The van der Waals surface area contributed by atoms with Crippen molar-refractivity contribution in [1.82, 2.24) is 15.0 Å². The lowest BCUT2D eigenvalue weighted by molar-refractivity contribution is -0.150. The lowest BCUT2D eigenvalue weighted by Crippen LogP contribution is -2.56. The summed E-state index contributed by atoms with van der Waals surface area (Å²) < 4.78 is 5.91. The Bertz CT molecular complexity index is 1080. The van der Waals surface area contributed by atoms with E-state index in [4.69, 9.17) is 16.3 Å². The molecule has 0 spiro atoms. The number of benzene rings is 1. The number of fused-ring (bicyclic) bond motifs is 6. The van der Waals surface area contributed by atoms with Gasteiger partial charge in [0.05, 0.1) is 6.61 Å². The van der Waals surface area contributed by atoms with E-state index in [1.807, 2.05) is 25.3 Å².